The fourth-order valence-electron chi connectivity index (χ4n) is 2.08. The van der Waals surface area contributed by atoms with Gasteiger partial charge in [-0.2, -0.15) is 0 Å². The quantitative estimate of drug-likeness (QED) is 0.841. The number of benzene rings is 1. The number of hydrogen-bond donors (Lipinski definition) is 2. The third kappa shape index (κ3) is 4.33. The van der Waals surface area contributed by atoms with E-state index in [0.29, 0.717) is 15.7 Å². The van der Waals surface area contributed by atoms with Crippen LogP contribution in [0.4, 0.5) is 5.69 Å². The number of carbonyl (C=O) groups excluding carboxylic acids is 1. The summed E-state index contributed by atoms with van der Waals surface area (Å²) < 4.78 is 0. The number of halogens is 2. The van der Waals surface area contributed by atoms with Crippen molar-refractivity contribution in [1.82, 2.24) is 4.90 Å². The maximum Gasteiger partial charge on any atom is 0.320 e. The number of carboxylic acid groups (broad SMARTS) is 1. The number of anilines is 1. The normalized spacial score (nSPS) is 15.8. The van der Waals surface area contributed by atoms with E-state index in [0.717, 1.165) is 12.8 Å². The Hall–Kier alpha value is -1.30. The molecule has 2 rings (SSSR count). The molecule has 1 unspecified atom stereocenters. The molecule has 1 aliphatic rings. The van der Waals surface area contributed by atoms with E-state index >= 15 is 0 Å². The first kappa shape index (κ1) is 16.1. The molecule has 1 aromatic rings. The molecule has 1 fully saturated rings. The van der Waals surface area contributed by atoms with Gasteiger partial charge in [-0.25, -0.2) is 0 Å². The van der Waals surface area contributed by atoms with Crippen molar-refractivity contribution in [2.45, 2.75) is 31.8 Å². The summed E-state index contributed by atoms with van der Waals surface area (Å²) in [5, 5.41) is 12.6. The van der Waals surface area contributed by atoms with Crippen molar-refractivity contribution in [3.8, 4) is 0 Å². The molecule has 7 heteroatoms. The van der Waals surface area contributed by atoms with E-state index in [1.807, 2.05) is 0 Å². The van der Waals surface area contributed by atoms with E-state index in [-0.39, 0.29) is 18.5 Å². The molecule has 1 aliphatic carbocycles. The van der Waals surface area contributed by atoms with Crippen LogP contribution >= 0.6 is 23.2 Å². The van der Waals surface area contributed by atoms with Gasteiger partial charge < -0.3 is 10.4 Å². The van der Waals surface area contributed by atoms with Crippen LogP contribution in [0.1, 0.15) is 19.8 Å². The average Bonchev–Trinajstić information content (AvgIpc) is 3.23. The summed E-state index contributed by atoms with van der Waals surface area (Å²) in [6, 6.07) is 4.25. The van der Waals surface area contributed by atoms with Crippen molar-refractivity contribution >= 4 is 40.8 Å². The SMILES string of the molecule is CC(C(=O)O)N(CC(=O)Nc1cc(Cl)ccc1Cl)C1CC1. The van der Waals surface area contributed by atoms with E-state index in [1.165, 1.54) is 0 Å². The molecule has 21 heavy (non-hydrogen) atoms. The van der Waals surface area contributed by atoms with Gasteiger partial charge in [-0.15, -0.1) is 0 Å². The van der Waals surface area contributed by atoms with Crippen molar-refractivity contribution < 1.29 is 14.7 Å². The molecule has 1 amide bonds. The monoisotopic (exact) mass is 330 g/mol. The maximum absolute atomic E-state index is 12.1. The highest BCUT2D eigenvalue weighted by Crippen LogP contribution is 2.29. The molecule has 114 valence electrons. The first-order valence-electron chi connectivity index (χ1n) is 6.62. The van der Waals surface area contributed by atoms with E-state index in [2.05, 4.69) is 5.32 Å². The minimum Gasteiger partial charge on any atom is -0.480 e. The highest BCUT2D eigenvalue weighted by atomic mass is 35.5. The summed E-state index contributed by atoms with van der Waals surface area (Å²) in [7, 11) is 0. The van der Waals surface area contributed by atoms with Crippen LogP contribution in [0.15, 0.2) is 18.2 Å². The second kappa shape index (κ2) is 6.64. The molecule has 0 bridgehead atoms. The molecular formula is C14H16Cl2N2O3. The van der Waals surface area contributed by atoms with Gasteiger partial charge in [0.25, 0.3) is 0 Å². The van der Waals surface area contributed by atoms with Gasteiger partial charge in [-0.1, -0.05) is 23.2 Å². The summed E-state index contributed by atoms with van der Waals surface area (Å²) in [6.07, 6.45) is 1.84. The zero-order valence-corrected chi connectivity index (χ0v) is 13.0. The van der Waals surface area contributed by atoms with Gasteiger partial charge in [0, 0.05) is 11.1 Å². The second-order valence-corrected chi connectivity index (χ2v) is 5.93. The highest BCUT2D eigenvalue weighted by Gasteiger charge is 2.36. The summed E-state index contributed by atoms with van der Waals surface area (Å²) in [5.41, 5.74) is 0.424. The number of nitrogens with zero attached hydrogens (tertiary/aromatic N) is 1. The average molecular weight is 331 g/mol. The molecule has 1 saturated carbocycles. The molecular weight excluding hydrogens is 315 g/mol. The van der Waals surface area contributed by atoms with Crippen LogP contribution in [-0.2, 0) is 9.59 Å². The Morgan fingerprint density at radius 2 is 2.10 bits per heavy atom. The zero-order chi connectivity index (χ0) is 15.6. The number of carbonyl (C=O) groups is 2. The van der Waals surface area contributed by atoms with Crippen molar-refractivity contribution in [2.24, 2.45) is 0 Å². The Kier molecular flexibility index (Phi) is 5.08. The lowest BCUT2D eigenvalue weighted by molar-refractivity contribution is -0.143. The summed E-state index contributed by atoms with van der Waals surface area (Å²) in [4.78, 5) is 24.9. The Balaban J connectivity index is 2.02. The van der Waals surface area contributed by atoms with Crippen molar-refractivity contribution in [3.63, 3.8) is 0 Å². The number of amides is 1. The van der Waals surface area contributed by atoms with Crippen LogP contribution < -0.4 is 5.32 Å². The van der Waals surface area contributed by atoms with Crippen molar-refractivity contribution in [1.29, 1.82) is 0 Å². The maximum atomic E-state index is 12.1. The number of aliphatic carboxylic acids is 1. The summed E-state index contributed by atoms with van der Waals surface area (Å²) in [6.45, 7) is 1.60. The van der Waals surface area contributed by atoms with Crippen LogP contribution in [0, 0.1) is 0 Å². The Morgan fingerprint density at radius 3 is 2.67 bits per heavy atom. The Bertz CT molecular complexity index is 561. The molecule has 0 spiro atoms. The number of hydrogen-bond acceptors (Lipinski definition) is 3. The van der Waals surface area contributed by atoms with E-state index in [4.69, 9.17) is 28.3 Å². The topological polar surface area (TPSA) is 69.6 Å². The third-order valence-electron chi connectivity index (χ3n) is 3.40. The van der Waals surface area contributed by atoms with Crippen LogP contribution in [-0.4, -0.2) is 40.5 Å². The molecule has 0 aromatic heterocycles. The van der Waals surface area contributed by atoms with E-state index in [9.17, 15) is 9.59 Å². The Labute approximate surface area is 132 Å². The van der Waals surface area contributed by atoms with E-state index in [1.54, 1.807) is 30.0 Å². The molecule has 5 nitrogen and oxygen atoms in total. The fraction of sp³-hybridized carbons (Fsp3) is 0.429. The van der Waals surface area contributed by atoms with Crippen molar-refractivity contribution in [2.75, 3.05) is 11.9 Å². The van der Waals surface area contributed by atoms with Gasteiger partial charge in [0.15, 0.2) is 0 Å². The Morgan fingerprint density at radius 1 is 1.43 bits per heavy atom. The largest absolute Gasteiger partial charge is 0.480 e. The number of nitrogens with one attached hydrogen (secondary N) is 1. The van der Waals surface area contributed by atoms with Gasteiger partial charge in [-0.3, -0.25) is 14.5 Å². The van der Waals surface area contributed by atoms with Crippen LogP contribution in [0.25, 0.3) is 0 Å². The fourth-order valence-corrected chi connectivity index (χ4v) is 2.42. The lowest BCUT2D eigenvalue weighted by atomic mass is 10.2. The predicted octanol–water partition coefficient (Wildman–Crippen LogP) is 2.87. The first-order valence-corrected chi connectivity index (χ1v) is 7.37. The van der Waals surface area contributed by atoms with Gasteiger partial charge >= 0.3 is 5.97 Å². The molecule has 1 aromatic carbocycles. The second-order valence-electron chi connectivity index (χ2n) is 5.09. The lowest BCUT2D eigenvalue weighted by Gasteiger charge is -2.25. The van der Waals surface area contributed by atoms with Crippen LogP contribution in [0.5, 0.6) is 0 Å². The predicted molar refractivity (Wildman–Crippen MR) is 81.9 cm³/mol. The number of carboxylic acids is 1. The molecule has 0 heterocycles. The summed E-state index contributed by atoms with van der Waals surface area (Å²) in [5.74, 6) is -1.24. The summed E-state index contributed by atoms with van der Waals surface area (Å²) >= 11 is 11.8. The molecule has 0 radical (unpaired) electrons. The number of rotatable bonds is 6. The lowest BCUT2D eigenvalue weighted by Crippen LogP contribution is -2.44. The minimum atomic E-state index is -0.935. The first-order chi connectivity index (χ1) is 9.88. The standard InChI is InChI=1S/C14H16Cl2N2O3/c1-8(14(20)21)18(10-3-4-10)7-13(19)17-12-6-9(15)2-5-11(12)16/h2,5-6,8,10H,3-4,7H2,1H3,(H,17,19)(H,20,21). The zero-order valence-electron chi connectivity index (χ0n) is 11.5. The van der Waals surface area contributed by atoms with Crippen molar-refractivity contribution in [3.05, 3.63) is 28.2 Å². The molecule has 2 N–H and O–H groups in total. The van der Waals surface area contributed by atoms with Gasteiger partial charge in [0.05, 0.1) is 17.3 Å². The molecule has 0 aliphatic heterocycles. The highest BCUT2D eigenvalue weighted by molar-refractivity contribution is 6.35. The third-order valence-corrected chi connectivity index (χ3v) is 3.96. The molecule has 0 saturated heterocycles. The van der Waals surface area contributed by atoms with E-state index < -0.39 is 12.0 Å². The van der Waals surface area contributed by atoms with Gasteiger partial charge in [0.2, 0.25) is 5.91 Å². The molecule has 1 atom stereocenters. The van der Waals surface area contributed by atoms with Gasteiger partial charge in [0.1, 0.15) is 6.04 Å². The van der Waals surface area contributed by atoms with Crippen LogP contribution in [0.2, 0.25) is 10.0 Å². The van der Waals surface area contributed by atoms with Crippen LogP contribution in [0.3, 0.4) is 0 Å². The smallest absolute Gasteiger partial charge is 0.320 e. The van der Waals surface area contributed by atoms with Gasteiger partial charge in [-0.05, 0) is 38.0 Å². The minimum absolute atomic E-state index is 0.0149.